The number of carbonyl (C=O) groups is 2. The number of anilines is 2. The Morgan fingerprint density at radius 3 is 2.18 bits per heavy atom. The van der Waals surface area contributed by atoms with E-state index < -0.39 is 30.2 Å². The molecule has 0 aliphatic heterocycles. The van der Waals surface area contributed by atoms with E-state index in [4.69, 9.17) is 0 Å². The Hall–Kier alpha value is -3.17. The van der Waals surface area contributed by atoms with Gasteiger partial charge in [0, 0.05) is 6.92 Å². The number of hydrogen-bond acceptors (Lipinski definition) is 3. The fraction of sp³-hybridized carbons (Fsp3) is 0.222. The molecule has 0 fully saturated rings. The lowest BCUT2D eigenvalue weighted by Gasteiger charge is -2.15. The van der Waals surface area contributed by atoms with E-state index in [9.17, 15) is 31.5 Å². The van der Waals surface area contributed by atoms with E-state index in [0.29, 0.717) is 11.6 Å². The molecule has 0 radical (unpaired) electrons. The fourth-order valence-corrected chi connectivity index (χ4v) is 2.29. The predicted molar refractivity (Wildman–Crippen MR) is 91.2 cm³/mol. The first-order valence-corrected chi connectivity index (χ1v) is 7.87. The van der Waals surface area contributed by atoms with Gasteiger partial charge in [0.25, 0.3) is 0 Å². The lowest BCUT2D eigenvalue weighted by molar-refractivity contribution is -0.137. The number of amides is 2. The van der Waals surface area contributed by atoms with Gasteiger partial charge >= 0.3 is 12.8 Å². The van der Waals surface area contributed by atoms with Crippen LogP contribution in [0.1, 0.15) is 18.1 Å². The first-order valence-electron chi connectivity index (χ1n) is 7.87. The van der Waals surface area contributed by atoms with Crippen molar-refractivity contribution in [3.63, 3.8) is 0 Å². The normalized spacial score (nSPS) is 11.2. The van der Waals surface area contributed by atoms with E-state index in [0.717, 1.165) is 12.1 Å². The third-order valence-electron chi connectivity index (χ3n) is 3.44. The highest BCUT2D eigenvalue weighted by Crippen LogP contribution is 2.34. The lowest BCUT2D eigenvalue weighted by Crippen LogP contribution is -2.18. The molecular weight excluding hydrogens is 387 g/mol. The maximum atomic E-state index is 12.9. The van der Waals surface area contributed by atoms with Crippen LogP contribution in [0.25, 0.3) is 0 Å². The first kappa shape index (κ1) is 21.1. The van der Waals surface area contributed by atoms with Crippen LogP contribution in [0.4, 0.5) is 33.3 Å². The summed E-state index contributed by atoms with van der Waals surface area (Å²) < 4.78 is 67.2. The largest absolute Gasteiger partial charge is 0.435 e. The van der Waals surface area contributed by atoms with E-state index in [2.05, 4.69) is 15.4 Å². The second kappa shape index (κ2) is 8.68. The summed E-state index contributed by atoms with van der Waals surface area (Å²) in [7, 11) is 0. The molecule has 0 heterocycles. The monoisotopic (exact) mass is 402 g/mol. The molecule has 0 aliphatic carbocycles. The van der Waals surface area contributed by atoms with Crippen LogP contribution in [0, 0.1) is 0 Å². The minimum Gasteiger partial charge on any atom is -0.435 e. The van der Waals surface area contributed by atoms with Gasteiger partial charge < -0.3 is 15.4 Å². The zero-order valence-corrected chi connectivity index (χ0v) is 14.4. The SMILES string of the molecule is CC(=O)Nc1ccc(C(F)(F)F)cc1NC(=O)Cc1ccc(OC(F)F)cc1. The minimum absolute atomic E-state index is 0.00883. The van der Waals surface area contributed by atoms with E-state index in [1.165, 1.54) is 31.2 Å². The molecule has 28 heavy (non-hydrogen) atoms. The number of hydrogen-bond donors (Lipinski definition) is 2. The molecule has 0 unspecified atom stereocenters. The minimum atomic E-state index is -4.63. The van der Waals surface area contributed by atoms with E-state index >= 15 is 0 Å². The smallest absolute Gasteiger partial charge is 0.416 e. The predicted octanol–water partition coefficient (Wildman–Crippen LogP) is 4.45. The number of nitrogens with one attached hydrogen (secondary N) is 2. The Morgan fingerprint density at radius 1 is 1.00 bits per heavy atom. The number of halogens is 5. The van der Waals surface area contributed by atoms with E-state index in [1.54, 1.807) is 0 Å². The van der Waals surface area contributed by atoms with Gasteiger partial charge in [0.1, 0.15) is 5.75 Å². The number of carbonyl (C=O) groups excluding carboxylic acids is 2. The van der Waals surface area contributed by atoms with Crippen molar-refractivity contribution in [2.24, 2.45) is 0 Å². The van der Waals surface area contributed by atoms with Gasteiger partial charge in [-0.05, 0) is 35.9 Å². The van der Waals surface area contributed by atoms with Gasteiger partial charge in [-0.3, -0.25) is 9.59 Å². The number of ether oxygens (including phenoxy) is 1. The van der Waals surface area contributed by atoms with Crippen LogP contribution in [0.15, 0.2) is 42.5 Å². The molecule has 2 N–H and O–H groups in total. The summed E-state index contributed by atoms with van der Waals surface area (Å²) in [4.78, 5) is 23.4. The second-order valence-corrected chi connectivity index (χ2v) is 5.69. The van der Waals surface area contributed by atoms with Crippen LogP contribution >= 0.6 is 0 Å². The van der Waals surface area contributed by atoms with Crippen molar-refractivity contribution in [1.82, 2.24) is 0 Å². The Kier molecular flexibility index (Phi) is 6.55. The molecule has 0 spiro atoms. The molecule has 5 nitrogen and oxygen atoms in total. The number of rotatable bonds is 6. The molecule has 10 heteroatoms. The van der Waals surface area contributed by atoms with Gasteiger partial charge in [0.15, 0.2) is 0 Å². The van der Waals surface area contributed by atoms with E-state index in [-0.39, 0.29) is 23.5 Å². The van der Waals surface area contributed by atoms with Crippen LogP contribution in [0.2, 0.25) is 0 Å². The summed E-state index contributed by atoms with van der Waals surface area (Å²) in [6, 6.07) is 7.75. The summed E-state index contributed by atoms with van der Waals surface area (Å²) in [5.74, 6) is -1.27. The average Bonchev–Trinajstić information content (AvgIpc) is 2.56. The summed E-state index contributed by atoms with van der Waals surface area (Å²) in [6.07, 6.45) is -4.86. The van der Waals surface area contributed by atoms with Crippen LogP contribution in [0.3, 0.4) is 0 Å². The van der Waals surface area contributed by atoms with Crippen molar-refractivity contribution < 1.29 is 36.3 Å². The van der Waals surface area contributed by atoms with Crippen molar-refractivity contribution in [3.05, 3.63) is 53.6 Å². The van der Waals surface area contributed by atoms with Crippen molar-refractivity contribution in [2.75, 3.05) is 10.6 Å². The Morgan fingerprint density at radius 2 is 1.64 bits per heavy atom. The molecule has 2 aromatic carbocycles. The highest BCUT2D eigenvalue weighted by Gasteiger charge is 2.31. The molecule has 2 rings (SSSR count). The zero-order valence-electron chi connectivity index (χ0n) is 14.4. The van der Waals surface area contributed by atoms with Crippen LogP contribution < -0.4 is 15.4 Å². The fourth-order valence-electron chi connectivity index (χ4n) is 2.29. The average molecular weight is 402 g/mol. The summed E-state index contributed by atoms with van der Waals surface area (Å²) in [5.41, 5.74) is -0.778. The first-order chi connectivity index (χ1) is 13.0. The summed E-state index contributed by atoms with van der Waals surface area (Å²) >= 11 is 0. The molecule has 0 saturated carbocycles. The highest BCUT2D eigenvalue weighted by molar-refractivity contribution is 5.99. The van der Waals surface area contributed by atoms with Gasteiger partial charge in [0.2, 0.25) is 11.8 Å². The molecule has 0 bridgehead atoms. The van der Waals surface area contributed by atoms with E-state index in [1.807, 2.05) is 0 Å². The van der Waals surface area contributed by atoms with Gasteiger partial charge in [-0.25, -0.2) is 0 Å². The number of benzene rings is 2. The quantitative estimate of drug-likeness (QED) is 0.702. The molecule has 150 valence electrons. The Labute approximate surface area is 156 Å². The zero-order chi connectivity index (χ0) is 20.9. The molecular formula is C18H15F5N2O3. The Balaban J connectivity index is 2.16. The van der Waals surface area contributed by atoms with Crippen LogP contribution in [0.5, 0.6) is 5.75 Å². The summed E-state index contributed by atoms with van der Waals surface area (Å²) in [5, 5.41) is 4.66. The van der Waals surface area contributed by atoms with Gasteiger partial charge in [-0.15, -0.1) is 0 Å². The number of alkyl halides is 5. The molecule has 0 atom stereocenters. The molecule has 0 saturated heterocycles. The maximum Gasteiger partial charge on any atom is 0.416 e. The molecule has 2 aromatic rings. The van der Waals surface area contributed by atoms with Crippen molar-refractivity contribution in [3.8, 4) is 5.75 Å². The third-order valence-corrected chi connectivity index (χ3v) is 3.44. The topological polar surface area (TPSA) is 67.4 Å². The summed E-state index contributed by atoms with van der Waals surface area (Å²) in [6.45, 7) is -1.81. The van der Waals surface area contributed by atoms with Gasteiger partial charge in [-0.2, -0.15) is 22.0 Å². The van der Waals surface area contributed by atoms with Crippen molar-refractivity contribution in [1.29, 1.82) is 0 Å². The van der Waals surface area contributed by atoms with Crippen molar-refractivity contribution in [2.45, 2.75) is 26.1 Å². The third kappa shape index (κ3) is 6.22. The van der Waals surface area contributed by atoms with Gasteiger partial charge in [-0.1, -0.05) is 12.1 Å². The molecule has 0 aliphatic rings. The molecule has 0 aromatic heterocycles. The highest BCUT2D eigenvalue weighted by atomic mass is 19.4. The second-order valence-electron chi connectivity index (χ2n) is 5.69. The van der Waals surface area contributed by atoms with Crippen molar-refractivity contribution >= 4 is 23.2 Å². The van der Waals surface area contributed by atoms with Crippen LogP contribution in [-0.2, 0) is 22.2 Å². The van der Waals surface area contributed by atoms with Gasteiger partial charge in [0.05, 0.1) is 23.4 Å². The Bertz CT molecular complexity index is 851. The maximum absolute atomic E-state index is 12.9. The lowest BCUT2D eigenvalue weighted by atomic mass is 10.1. The molecule has 2 amide bonds. The van der Waals surface area contributed by atoms with Crippen LogP contribution in [-0.4, -0.2) is 18.4 Å². The standard InChI is InChI=1S/C18H15F5N2O3/c1-10(26)24-14-7-4-12(18(21,22)23)9-15(14)25-16(27)8-11-2-5-13(6-3-11)28-17(19)20/h2-7,9,17H,8H2,1H3,(H,24,26)(H,25,27).